The molecule has 0 unspecified atom stereocenters. The van der Waals surface area contributed by atoms with Gasteiger partial charge in [0.25, 0.3) is 5.91 Å². The highest BCUT2D eigenvalue weighted by Crippen LogP contribution is 2.32. The zero-order valence-electron chi connectivity index (χ0n) is 21.7. The van der Waals surface area contributed by atoms with Crippen molar-refractivity contribution in [3.8, 4) is 5.75 Å². The second-order valence-electron chi connectivity index (χ2n) is 10.2. The number of amides is 3. The second kappa shape index (κ2) is 11.8. The van der Waals surface area contributed by atoms with Gasteiger partial charge in [0.05, 0.1) is 11.7 Å². The molecule has 0 saturated heterocycles. The summed E-state index contributed by atoms with van der Waals surface area (Å²) in [6.45, 7) is 7.23. The van der Waals surface area contributed by atoms with Crippen LogP contribution in [0, 0.1) is 11.8 Å². The molecule has 8 nitrogen and oxygen atoms in total. The first-order valence-corrected chi connectivity index (χ1v) is 12.8. The first-order chi connectivity index (χ1) is 17.3. The maximum absolute atomic E-state index is 13.4. The van der Waals surface area contributed by atoms with Crippen molar-refractivity contribution in [2.24, 2.45) is 11.8 Å². The summed E-state index contributed by atoms with van der Waals surface area (Å²) in [6.07, 6.45) is 2.50. The lowest BCUT2D eigenvalue weighted by molar-refractivity contribution is 0.00994. The van der Waals surface area contributed by atoms with Gasteiger partial charge >= 0.3 is 6.03 Å². The fraction of sp³-hybridized carbons (Fsp3) is 0.500. The smallest absolute Gasteiger partial charge is 0.323 e. The highest BCUT2D eigenvalue weighted by atomic mass is 16.5. The Labute approximate surface area is 213 Å². The van der Waals surface area contributed by atoms with Crippen LogP contribution in [0.25, 0.3) is 0 Å². The predicted octanol–water partition coefficient (Wildman–Crippen LogP) is 4.55. The average Bonchev–Trinajstić information content (AvgIpc) is 3.69. The van der Waals surface area contributed by atoms with E-state index in [4.69, 9.17) is 9.47 Å². The number of fused-ring (bicyclic) bond motifs is 1. The van der Waals surface area contributed by atoms with Gasteiger partial charge in [0, 0.05) is 57.3 Å². The Bertz CT molecular complexity index is 1040. The van der Waals surface area contributed by atoms with Gasteiger partial charge in [0.1, 0.15) is 12.4 Å². The lowest BCUT2D eigenvalue weighted by Crippen LogP contribution is -2.47. The highest BCUT2D eigenvalue weighted by molar-refractivity contribution is 6.01. The standard InChI is InChI=1S/C28H38N4O4/c1-19-15-32(16-21-10-11-21)20(2)18-36-25-14-23(30-28(34)29-22-8-6-5-7-9-22)12-13-24(25)27(33)31(3)17-26(19)35-4/h5-9,12-14,19-21,26H,10-11,15-18H2,1-4H3,(H2,29,30,34)/t19-,20-,26+/m1/s1. The number of para-hydroxylation sites is 1. The molecule has 36 heavy (non-hydrogen) atoms. The minimum Gasteiger partial charge on any atom is -0.491 e. The number of carbonyl (C=O) groups is 2. The molecular formula is C28H38N4O4. The zero-order chi connectivity index (χ0) is 25.7. The molecule has 2 aromatic carbocycles. The number of nitrogens with zero attached hydrogens (tertiary/aromatic N) is 2. The van der Waals surface area contributed by atoms with E-state index in [2.05, 4.69) is 29.4 Å². The molecule has 0 aromatic heterocycles. The van der Waals surface area contributed by atoms with Crippen LogP contribution < -0.4 is 15.4 Å². The van der Waals surface area contributed by atoms with Gasteiger partial charge in [-0.15, -0.1) is 0 Å². The number of hydrogen-bond donors (Lipinski definition) is 2. The molecule has 2 N–H and O–H groups in total. The summed E-state index contributed by atoms with van der Waals surface area (Å²) in [7, 11) is 3.51. The van der Waals surface area contributed by atoms with Crippen LogP contribution in [0.1, 0.15) is 37.0 Å². The SMILES string of the molecule is CO[C@H]1CN(C)C(=O)c2ccc(NC(=O)Nc3ccccc3)cc2OC[C@@H](C)N(CC2CC2)C[C@H]1C. The third-order valence-corrected chi connectivity index (χ3v) is 7.05. The number of benzene rings is 2. The molecule has 0 radical (unpaired) electrons. The first-order valence-electron chi connectivity index (χ1n) is 12.8. The quantitative estimate of drug-likeness (QED) is 0.637. The van der Waals surface area contributed by atoms with Crippen molar-refractivity contribution in [1.29, 1.82) is 0 Å². The molecule has 8 heteroatoms. The molecule has 4 rings (SSSR count). The van der Waals surface area contributed by atoms with E-state index in [1.165, 1.54) is 12.8 Å². The molecule has 1 aliphatic carbocycles. The molecule has 194 valence electrons. The fourth-order valence-corrected chi connectivity index (χ4v) is 4.63. The molecule has 0 bridgehead atoms. The van der Waals surface area contributed by atoms with Crippen LogP contribution in [-0.4, -0.2) is 74.3 Å². The molecule has 3 amide bonds. The zero-order valence-corrected chi connectivity index (χ0v) is 21.7. The van der Waals surface area contributed by atoms with E-state index in [1.54, 1.807) is 37.3 Å². The lowest BCUT2D eigenvalue weighted by Gasteiger charge is -2.36. The predicted molar refractivity (Wildman–Crippen MR) is 142 cm³/mol. The number of methoxy groups -OCH3 is 1. The largest absolute Gasteiger partial charge is 0.491 e. The average molecular weight is 495 g/mol. The van der Waals surface area contributed by atoms with Crippen molar-refractivity contribution in [1.82, 2.24) is 9.80 Å². The molecule has 2 aliphatic rings. The summed E-state index contributed by atoms with van der Waals surface area (Å²) >= 11 is 0. The second-order valence-corrected chi connectivity index (χ2v) is 10.2. The van der Waals surface area contributed by atoms with Gasteiger partial charge in [-0.1, -0.05) is 25.1 Å². The molecule has 1 saturated carbocycles. The molecular weight excluding hydrogens is 456 g/mol. The fourth-order valence-electron chi connectivity index (χ4n) is 4.63. The van der Waals surface area contributed by atoms with Crippen LogP contribution in [0.15, 0.2) is 48.5 Å². The Balaban J connectivity index is 1.56. The molecule has 0 spiro atoms. The number of nitrogens with one attached hydrogen (secondary N) is 2. The van der Waals surface area contributed by atoms with Crippen molar-refractivity contribution in [2.45, 2.75) is 38.8 Å². The molecule has 1 heterocycles. The normalized spacial score (nSPS) is 23.6. The number of likely N-dealkylation sites (N-methyl/N-ethyl adjacent to an activating group) is 1. The summed E-state index contributed by atoms with van der Waals surface area (Å²) in [6, 6.07) is 14.2. The Morgan fingerprint density at radius 3 is 2.47 bits per heavy atom. The maximum atomic E-state index is 13.4. The van der Waals surface area contributed by atoms with E-state index in [9.17, 15) is 9.59 Å². The Morgan fingerprint density at radius 1 is 1.06 bits per heavy atom. The highest BCUT2D eigenvalue weighted by Gasteiger charge is 2.31. The lowest BCUT2D eigenvalue weighted by atomic mass is 10.0. The number of hydrogen-bond acceptors (Lipinski definition) is 5. The summed E-state index contributed by atoms with van der Waals surface area (Å²) in [5.74, 6) is 1.34. The van der Waals surface area contributed by atoms with E-state index in [0.29, 0.717) is 35.8 Å². The van der Waals surface area contributed by atoms with Crippen LogP contribution in [0.3, 0.4) is 0 Å². The van der Waals surface area contributed by atoms with Gasteiger partial charge in [-0.25, -0.2) is 4.79 Å². The third-order valence-electron chi connectivity index (χ3n) is 7.05. The number of ether oxygens (including phenoxy) is 2. The maximum Gasteiger partial charge on any atom is 0.323 e. The molecule has 1 aliphatic heterocycles. The topological polar surface area (TPSA) is 83.1 Å². The van der Waals surface area contributed by atoms with E-state index >= 15 is 0 Å². The van der Waals surface area contributed by atoms with E-state index < -0.39 is 0 Å². The van der Waals surface area contributed by atoms with Crippen molar-refractivity contribution >= 4 is 23.3 Å². The van der Waals surface area contributed by atoms with Crippen molar-refractivity contribution in [3.63, 3.8) is 0 Å². The van der Waals surface area contributed by atoms with E-state index in [1.807, 2.05) is 30.3 Å². The van der Waals surface area contributed by atoms with Crippen LogP contribution in [-0.2, 0) is 4.74 Å². The summed E-state index contributed by atoms with van der Waals surface area (Å²) in [5.41, 5.74) is 1.71. The monoisotopic (exact) mass is 494 g/mol. The van der Waals surface area contributed by atoms with Crippen LogP contribution in [0.2, 0.25) is 0 Å². The van der Waals surface area contributed by atoms with Crippen molar-refractivity contribution in [2.75, 3.05) is 51.0 Å². The van der Waals surface area contributed by atoms with Gasteiger partial charge in [-0.05, 0) is 55.9 Å². The Hall–Kier alpha value is -3.10. The van der Waals surface area contributed by atoms with Gasteiger partial charge in [0.2, 0.25) is 0 Å². The van der Waals surface area contributed by atoms with Gasteiger partial charge in [0.15, 0.2) is 0 Å². The Morgan fingerprint density at radius 2 is 1.78 bits per heavy atom. The summed E-state index contributed by atoms with van der Waals surface area (Å²) < 4.78 is 12.1. The summed E-state index contributed by atoms with van der Waals surface area (Å²) in [5, 5.41) is 5.65. The first kappa shape index (κ1) is 26.0. The number of urea groups is 1. The number of rotatable bonds is 5. The van der Waals surface area contributed by atoms with Crippen molar-refractivity contribution < 1.29 is 19.1 Å². The number of anilines is 2. The molecule has 1 fully saturated rings. The van der Waals surface area contributed by atoms with Gasteiger partial charge in [-0.3, -0.25) is 9.69 Å². The van der Waals surface area contributed by atoms with Crippen LogP contribution in [0.5, 0.6) is 5.75 Å². The summed E-state index contributed by atoms with van der Waals surface area (Å²) in [4.78, 5) is 30.1. The number of carbonyl (C=O) groups excluding carboxylic acids is 2. The van der Waals surface area contributed by atoms with Gasteiger partial charge in [-0.2, -0.15) is 0 Å². The molecule has 2 aromatic rings. The van der Waals surface area contributed by atoms with E-state index in [-0.39, 0.29) is 30.0 Å². The van der Waals surface area contributed by atoms with Crippen LogP contribution in [0.4, 0.5) is 16.2 Å². The Kier molecular flexibility index (Phi) is 8.48. The van der Waals surface area contributed by atoms with Gasteiger partial charge < -0.3 is 25.0 Å². The minimum absolute atomic E-state index is 0.0701. The van der Waals surface area contributed by atoms with E-state index in [0.717, 1.165) is 19.0 Å². The minimum atomic E-state index is -0.362. The molecule has 3 atom stereocenters. The third kappa shape index (κ3) is 6.77. The van der Waals surface area contributed by atoms with Crippen molar-refractivity contribution in [3.05, 3.63) is 54.1 Å². The van der Waals surface area contributed by atoms with Crippen LogP contribution >= 0.6 is 0 Å².